The van der Waals surface area contributed by atoms with Gasteiger partial charge in [-0.3, -0.25) is 14.4 Å². The predicted molar refractivity (Wildman–Crippen MR) is 94.4 cm³/mol. The second-order valence-electron chi connectivity index (χ2n) is 7.72. The van der Waals surface area contributed by atoms with Crippen molar-refractivity contribution in [2.24, 2.45) is 17.8 Å². The second kappa shape index (κ2) is 9.26. The highest BCUT2D eigenvalue weighted by atomic mass is 19.4. The molecular formula is C20H19F6NO5. The molecule has 3 rings (SSSR count). The Labute approximate surface area is 178 Å². The minimum absolute atomic E-state index is 0.359. The van der Waals surface area contributed by atoms with E-state index in [1.54, 1.807) is 0 Å². The van der Waals surface area contributed by atoms with Crippen LogP contribution >= 0.6 is 0 Å². The molecule has 0 radical (unpaired) electrons. The van der Waals surface area contributed by atoms with Crippen LogP contribution < -0.4 is 0 Å². The Morgan fingerprint density at radius 3 is 2.12 bits per heavy atom. The molecule has 2 unspecified atom stereocenters. The lowest BCUT2D eigenvalue weighted by atomic mass is 9.75. The molecule has 6 nitrogen and oxygen atoms in total. The third-order valence-electron chi connectivity index (χ3n) is 5.48. The summed E-state index contributed by atoms with van der Waals surface area (Å²) < 4.78 is 84.7. The Morgan fingerprint density at radius 2 is 1.56 bits per heavy atom. The first-order valence-corrected chi connectivity index (χ1v) is 9.79. The molecule has 0 N–H and O–H groups in total. The molecule has 0 spiro atoms. The largest absolute Gasteiger partial charge is 0.433 e. The van der Waals surface area contributed by atoms with Crippen LogP contribution in [0.25, 0.3) is 0 Å². The fraction of sp³-hybridized carbons (Fsp3) is 0.600. The van der Waals surface area contributed by atoms with Crippen LogP contribution in [0.15, 0.2) is 12.1 Å². The van der Waals surface area contributed by atoms with Crippen molar-refractivity contribution in [3.8, 4) is 0 Å². The maximum absolute atomic E-state index is 13.1. The molecule has 2 fully saturated rings. The normalized spacial score (nSPS) is 23.6. The molecular weight excluding hydrogens is 448 g/mol. The third kappa shape index (κ3) is 5.52. The molecule has 0 saturated heterocycles. The molecule has 1 aromatic heterocycles. The standard InChI is InChI=1S/C20H19F6NO5/c21-19(22,23)9-32-6-5-31-8-13-12(3-4-14(27-13)20(24,25)26)18(30)15-16(28)10-1-2-11(7-10)17(15)29/h3-4,10-11,15H,1-2,5-9H2. The SMILES string of the molecule is O=C(c1ccc(C(F)(F)F)nc1COCCOCC(F)(F)F)C1C(=O)C2CCC(C2)C1=O. The fourth-order valence-corrected chi connectivity index (χ4v) is 3.99. The van der Waals surface area contributed by atoms with Crippen LogP contribution in [0.5, 0.6) is 0 Å². The number of aromatic nitrogens is 1. The molecule has 0 aromatic carbocycles. The van der Waals surface area contributed by atoms with E-state index in [1.807, 2.05) is 0 Å². The molecule has 2 aliphatic rings. The highest BCUT2D eigenvalue weighted by molar-refractivity contribution is 6.26. The number of pyridine rings is 1. The van der Waals surface area contributed by atoms with E-state index in [4.69, 9.17) is 4.74 Å². The van der Waals surface area contributed by atoms with Crippen molar-refractivity contribution >= 4 is 17.3 Å². The number of carbonyl (C=O) groups excluding carboxylic acids is 3. The number of rotatable bonds is 8. The predicted octanol–water partition coefficient (Wildman–Crippen LogP) is 3.56. The Hall–Kier alpha value is -2.34. The van der Waals surface area contributed by atoms with Crippen molar-refractivity contribution in [3.63, 3.8) is 0 Å². The van der Waals surface area contributed by atoms with E-state index in [-0.39, 0.29) is 5.56 Å². The number of hydrogen-bond donors (Lipinski definition) is 0. The summed E-state index contributed by atoms with van der Waals surface area (Å²) in [7, 11) is 0. The van der Waals surface area contributed by atoms with Gasteiger partial charge in [-0.25, -0.2) is 4.98 Å². The average Bonchev–Trinajstić information content (AvgIpc) is 3.15. The summed E-state index contributed by atoms with van der Waals surface area (Å²) in [6.07, 6.45) is -8.03. The minimum atomic E-state index is -4.83. The molecule has 2 aliphatic carbocycles. The van der Waals surface area contributed by atoms with Crippen LogP contribution in [0.2, 0.25) is 0 Å². The van der Waals surface area contributed by atoms with Crippen molar-refractivity contribution < 1.29 is 50.2 Å². The van der Waals surface area contributed by atoms with E-state index in [1.165, 1.54) is 0 Å². The van der Waals surface area contributed by atoms with Crippen molar-refractivity contribution in [2.45, 2.75) is 38.2 Å². The summed E-state index contributed by atoms with van der Waals surface area (Å²) in [6, 6.07) is 1.41. The number of alkyl halides is 6. The zero-order valence-corrected chi connectivity index (χ0v) is 16.6. The van der Waals surface area contributed by atoms with Crippen LogP contribution in [-0.4, -0.2) is 48.3 Å². The highest BCUT2D eigenvalue weighted by Gasteiger charge is 2.50. The topological polar surface area (TPSA) is 82.6 Å². The van der Waals surface area contributed by atoms with Crippen LogP contribution in [0, 0.1) is 17.8 Å². The van der Waals surface area contributed by atoms with Crippen molar-refractivity contribution in [2.75, 3.05) is 19.8 Å². The molecule has 12 heteroatoms. The minimum Gasteiger partial charge on any atom is -0.373 e. The van der Waals surface area contributed by atoms with E-state index < -0.39 is 85.3 Å². The second-order valence-corrected chi connectivity index (χ2v) is 7.72. The number of carbonyl (C=O) groups is 3. The van der Waals surface area contributed by atoms with Crippen LogP contribution in [0.3, 0.4) is 0 Å². The summed E-state index contributed by atoms with van der Waals surface area (Å²) in [5, 5.41) is 0. The van der Waals surface area contributed by atoms with E-state index in [0.717, 1.165) is 6.07 Å². The summed E-state index contributed by atoms with van der Waals surface area (Å²) in [5.41, 5.74) is -2.14. The first-order chi connectivity index (χ1) is 14.9. The number of ketones is 3. The fourth-order valence-electron chi connectivity index (χ4n) is 3.99. The van der Waals surface area contributed by atoms with Crippen molar-refractivity contribution in [1.82, 2.24) is 4.98 Å². The van der Waals surface area contributed by atoms with Crippen LogP contribution in [0.1, 0.15) is 41.0 Å². The lowest BCUT2D eigenvalue weighted by molar-refractivity contribution is -0.176. The summed E-state index contributed by atoms with van der Waals surface area (Å²) in [4.78, 5) is 41.6. The molecule has 1 aromatic rings. The van der Waals surface area contributed by atoms with Gasteiger partial charge in [-0.05, 0) is 31.4 Å². The number of halogens is 6. The smallest absolute Gasteiger partial charge is 0.373 e. The number of nitrogens with zero attached hydrogens (tertiary/aromatic N) is 1. The summed E-state index contributed by atoms with van der Waals surface area (Å²) in [6.45, 7) is -3.07. The number of Topliss-reactive ketones (excluding diaryl/α,β-unsaturated/α-hetero) is 3. The molecule has 1 heterocycles. The van der Waals surface area contributed by atoms with Crippen molar-refractivity contribution in [1.29, 1.82) is 0 Å². The Bertz CT molecular complexity index is 875. The Kier molecular flexibility index (Phi) is 7.03. The van der Waals surface area contributed by atoms with E-state index >= 15 is 0 Å². The quantitative estimate of drug-likeness (QED) is 0.252. The molecule has 2 atom stereocenters. The highest BCUT2D eigenvalue weighted by Crippen LogP contribution is 2.41. The maximum atomic E-state index is 13.1. The summed E-state index contributed by atoms with van der Waals surface area (Å²) >= 11 is 0. The van der Waals surface area contributed by atoms with Gasteiger partial charge >= 0.3 is 12.4 Å². The number of hydrogen-bond acceptors (Lipinski definition) is 6. The van der Waals surface area contributed by atoms with Gasteiger partial charge in [0.2, 0.25) is 0 Å². The first kappa shape index (κ1) is 24.3. The van der Waals surface area contributed by atoms with Crippen molar-refractivity contribution in [3.05, 3.63) is 29.1 Å². The number of ether oxygens (including phenoxy) is 2. The molecule has 0 amide bonds. The average molecular weight is 467 g/mol. The number of fused-ring (bicyclic) bond motifs is 2. The Morgan fingerprint density at radius 1 is 0.969 bits per heavy atom. The zero-order chi connectivity index (χ0) is 23.7. The van der Waals surface area contributed by atoms with Gasteiger partial charge < -0.3 is 9.47 Å². The van der Waals surface area contributed by atoms with Gasteiger partial charge in [0.1, 0.15) is 18.2 Å². The molecule has 32 heavy (non-hydrogen) atoms. The lowest BCUT2D eigenvalue weighted by Gasteiger charge is -2.25. The third-order valence-corrected chi connectivity index (χ3v) is 5.48. The molecule has 2 bridgehead atoms. The van der Waals surface area contributed by atoms with Gasteiger partial charge in [-0.2, -0.15) is 26.3 Å². The zero-order valence-electron chi connectivity index (χ0n) is 16.6. The molecule has 2 saturated carbocycles. The van der Waals surface area contributed by atoms with E-state index in [2.05, 4.69) is 9.72 Å². The van der Waals surface area contributed by atoms with Crippen LogP contribution in [0.4, 0.5) is 26.3 Å². The first-order valence-electron chi connectivity index (χ1n) is 9.79. The van der Waals surface area contributed by atoms with Gasteiger partial charge in [0.15, 0.2) is 17.3 Å². The van der Waals surface area contributed by atoms with E-state index in [9.17, 15) is 40.7 Å². The molecule has 176 valence electrons. The summed E-state index contributed by atoms with van der Waals surface area (Å²) in [5.74, 6) is -4.47. The van der Waals surface area contributed by atoms with Gasteiger partial charge in [0, 0.05) is 17.4 Å². The lowest BCUT2D eigenvalue weighted by Crippen LogP contribution is -2.42. The van der Waals surface area contributed by atoms with Gasteiger partial charge in [-0.15, -0.1) is 0 Å². The van der Waals surface area contributed by atoms with Crippen LogP contribution in [-0.2, 0) is 31.8 Å². The molecule has 0 aliphatic heterocycles. The van der Waals surface area contributed by atoms with Gasteiger partial charge in [0.25, 0.3) is 0 Å². The Balaban J connectivity index is 1.76. The monoisotopic (exact) mass is 467 g/mol. The van der Waals surface area contributed by atoms with Gasteiger partial charge in [-0.1, -0.05) is 0 Å². The maximum Gasteiger partial charge on any atom is 0.433 e. The van der Waals surface area contributed by atoms with E-state index in [0.29, 0.717) is 25.3 Å². The van der Waals surface area contributed by atoms with Gasteiger partial charge in [0.05, 0.1) is 25.5 Å².